The van der Waals surface area contributed by atoms with E-state index in [0.717, 1.165) is 4.90 Å². The van der Waals surface area contributed by atoms with Crippen LogP contribution < -0.4 is 11.5 Å². The van der Waals surface area contributed by atoms with Crippen molar-refractivity contribution in [3.8, 4) is 0 Å². The number of rotatable bonds is 7. The molecule has 0 aliphatic carbocycles. The maximum absolute atomic E-state index is 11.7. The van der Waals surface area contributed by atoms with Crippen molar-refractivity contribution in [3.05, 3.63) is 0 Å². The smallest absolute Gasteiger partial charge is 0.326 e. The number of carbonyl (C=O) groups excluding carboxylic acids is 1. The van der Waals surface area contributed by atoms with E-state index < -0.39 is 29.9 Å². The Balaban J connectivity index is 2.74. The molecule has 9 nitrogen and oxygen atoms in total. The highest BCUT2D eigenvalue weighted by Crippen LogP contribution is 2.24. The molecule has 0 spiro atoms. The highest BCUT2D eigenvalue weighted by Gasteiger charge is 2.42. The number of likely N-dealkylation sites (tertiary alicyclic amines) is 1. The van der Waals surface area contributed by atoms with Gasteiger partial charge in [0.05, 0.1) is 0 Å². The van der Waals surface area contributed by atoms with Gasteiger partial charge in [0.1, 0.15) is 12.1 Å². The zero-order chi connectivity index (χ0) is 15.3. The third-order valence-electron chi connectivity index (χ3n) is 3.09. The number of amides is 1. The fourth-order valence-electron chi connectivity index (χ4n) is 2.21. The van der Waals surface area contributed by atoms with Crippen molar-refractivity contribution >= 4 is 23.8 Å². The number of guanidine groups is 1. The van der Waals surface area contributed by atoms with Gasteiger partial charge in [-0.3, -0.25) is 9.79 Å². The van der Waals surface area contributed by atoms with Gasteiger partial charge in [0, 0.05) is 13.0 Å². The van der Waals surface area contributed by atoms with Crippen molar-refractivity contribution in [1.29, 1.82) is 0 Å². The Kier molecular flexibility index (Phi) is 5.30. The summed E-state index contributed by atoms with van der Waals surface area (Å²) in [6.45, 7) is 0.228. The molecule has 1 aliphatic heterocycles. The van der Waals surface area contributed by atoms with E-state index in [1.807, 2.05) is 0 Å². The van der Waals surface area contributed by atoms with E-state index in [2.05, 4.69) is 4.99 Å². The lowest BCUT2D eigenvalue weighted by atomic mass is 10.1. The van der Waals surface area contributed by atoms with Crippen LogP contribution in [0.3, 0.4) is 0 Å². The summed E-state index contributed by atoms with van der Waals surface area (Å²) in [6.07, 6.45) is 0.618. The lowest BCUT2D eigenvalue weighted by Crippen LogP contribution is -2.49. The summed E-state index contributed by atoms with van der Waals surface area (Å²) in [6, 6.07) is -2.24. The van der Waals surface area contributed by atoms with Crippen molar-refractivity contribution in [2.45, 2.75) is 37.8 Å². The Morgan fingerprint density at radius 3 is 2.55 bits per heavy atom. The number of aliphatic carboxylic acids is 2. The SMILES string of the molecule is NC(N)=NCCC[C@H](C(=O)O)N1C(=O)CC[C@H]1C(=O)O. The van der Waals surface area contributed by atoms with Crippen LogP contribution in [0.5, 0.6) is 0 Å². The standard InChI is InChI=1S/C11H18N4O5/c12-11(13)14-5-1-2-6(9(17)18)15-7(10(19)20)3-4-8(15)16/h6-7H,1-5H2,(H,17,18)(H,19,20)(H4,12,13,14)/t6-,7+/m1/s1. The van der Waals surface area contributed by atoms with Crippen LogP contribution in [-0.4, -0.2) is 57.5 Å². The Hall–Kier alpha value is -2.32. The molecular weight excluding hydrogens is 268 g/mol. The molecule has 112 valence electrons. The van der Waals surface area contributed by atoms with Gasteiger partial charge in [0.15, 0.2) is 5.96 Å². The summed E-state index contributed by atoms with van der Waals surface area (Å²) in [5.41, 5.74) is 10.3. The lowest BCUT2D eigenvalue weighted by molar-refractivity contribution is -0.155. The predicted octanol–water partition coefficient (Wildman–Crippen LogP) is -1.43. The van der Waals surface area contributed by atoms with E-state index in [9.17, 15) is 19.5 Å². The molecule has 0 aromatic rings. The predicted molar refractivity (Wildman–Crippen MR) is 68.8 cm³/mol. The summed E-state index contributed by atoms with van der Waals surface area (Å²) in [5, 5.41) is 18.2. The molecule has 1 aliphatic rings. The summed E-state index contributed by atoms with van der Waals surface area (Å²) in [7, 11) is 0. The van der Waals surface area contributed by atoms with Crippen LogP contribution in [0, 0.1) is 0 Å². The van der Waals surface area contributed by atoms with Gasteiger partial charge < -0.3 is 26.6 Å². The highest BCUT2D eigenvalue weighted by molar-refractivity contribution is 5.91. The van der Waals surface area contributed by atoms with Crippen LogP contribution in [0.1, 0.15) is 25.7 Å². The fraction of sp³-hybridized carbons (Fsp3) is 0.636. The average molecular weight is 286 g/mol. The summed E-state index contributed by atoms with van der Waals surface area (Å²) < 4.78 is 0. The minimum absolute atomic E-state index is 0.0502. The number of carboxylic acids is 2. The van der Waals surface area contributed by atoms with E-state index in [0.29, 0.717) is 6.42 Å². The van der Waals surface area contributed by atoms with Gasteiger partial charge >= 0.3 is 11.9 Å². The topological polar surface area (TPSA) is 159 Å². The molecule has 2 atom stereocenters. The van der Waals surface area contributed by atoms with Crippen LogP contribution in [0.15, 0.2) is 4.99 Å². The molecule has 1 fully saturated rings. The minimum atomic E-state index is -1.23. The molecule has 0 aromatic carbocycles. The van der Waals surface area contributed by atoms with Gasteiger partial charge in [-0.2, -0.15) is 0 Å². The molecule has 0 saturated carbocycles. The van der Waals surface area contributed by atoms with E-state index in [1.165, 1.54) is 0 Å². The first-order valence-electron chi connectivity index (χ1n) is 6.16. The van der Waals surface area contributed by atoms with Gasteiger partial charge in [-0.1, -0.05) is 0 Å². The fourth-order valence-corrected chi connectivity index (χ4v) is 2.21. The number of hydrogen-bond donors (Lipinski definition) is 4. The molecule has 1 rings (SSSR count). The van der Waals surface area contributed by atoms with Crippen molar-refractivity contribution in [3.63, 3.8) is 0 Å². The molecule has 6 N–H and O–H groups in total. The van der Waals surface area contributed by atoms with Gasteiger partial charge in [-0.15, -0.1) is 0 Å². The van der Waals surface area contributed by atoms with E-state index in [-0.39, 0.29) is 31.8 Å². The zero-order valence-electron chi connectivity index (χ0n) is 10.9. The van der Waals surface area contributed by atoms with Crippen LogP contribution >= 0.6 is 0 Å². The van der Waals surface area contributed by atoms with Crippen LogP contribution in [-0.2, 0) is 14.4 Å². The first kappa shape index (κ1) is 15.7. The molecule has 9 heteroatoms. The second kappa shape index (κ2) is 6.73. The number of hydrogen-bond acceptors (Lipinski definition) is 4. The molecule has 0 aromatic heterocycles. The average Bonchev–Trinajstić information content (AvgIpc) is 2.70. The Morgan fingerprint density at radius 1 is 1.40 bits per heavy atom. The molecule has 20 heavy (non-hydrogen) atoms. The molecule has 0 bridgehead atoms. The quantitative estimate of drug-likeness (QED) is 0.253. The number of nitrogens with two attached hydrogens (primary N) is 2. The Morgan fingerprint density at radius 2 is 2.05 bits per heavy atom. The monoisotopic (exact) mass is 286 g/mol. The second-order valence-electron chi connectivity index (χ2n) is 4.50. The van der Waals surface area contributed by atoms with E-state index in [1.54, 1.807) is 0 Å². The Labute approximate surface area is 115 Å². The highest BCUT2D eigenvalue weighted by atomic mass is 16.4. The summed E-state index contributed by atoms with van der Waals surface area (Å²) >= 11 is 0. The van der Waals surface area contributed by atoms with Crippen molar-refractivity contribution in [2.75, 3.05) is 6.54 Å². The van der Waals surface area contributed by atoms with Crippen molar-refractivity contribution in [2.24, 2.45) is 16.5 Å². The van der Waals surface area contributed by atoms with Crippen LogP contribution in [0.25, 0.3) is 0 Å². The molecule has 1 amide bonds. The molecular formula is C11H18N4O5. The van der Waals surface area contributed by atoms with Crippen molar-refractivity contribution in [1.82, 2.24) is 4.90 Å². The Bertz CT molecular complexity index is 433. The number of carbonyl (C=O) groups is 3. The third kappa shape index (κ3) is 3.84. The van der Waals surface area contributed by atoms with Gasteiger partial charge in [0.2, 0.25) is 5.91 Å². The maximum Gasteiger partial charge on any atom is 0.326 e. The largest absolute Gasteiger partial charge is 0.480 e. The first-order valence-corrected chi connectivity index (χ1v) is 6.16. The van der Waals surface area contributed by atoms with Crippen LogP contribution in [0.2, 0.25) is 0 Å². The van der Waals surface area contributed by atoms with Gasteiger partial charge in [-0.25, -0.2) is 9.59 Å². The van der Waals surface area contributed by atoms with E-state index >= 15 is 0 Å². The first-order chi connectivity index (χ1) is 9.34. The second-order valence-corrected chi connectivity index (χ2v) is 4.50. The zero-order valence-corrected chi connectivity index (χ0v) is 10.9. The molecule has 1 saturated heterocycles. The van der Waals surface area contributed by atoms with Gasteiger partial charge in [-0.05, 0) is 19.3 Å². The van der Waals surface area contributed by atoms with E-state index in [4.69, 9.17) is 16.6 Å². The molecule has 1 heterocycles. The molecule has 0 radical (unpaired) electrons. The third-order valence-corrected chi connectivity index (χ3v) is 3.09. The van der Waals surface area contributed by atoms with Crippen molar-refractivity contribution < 1.29 is 24.6 Å². The lowest BCUT2D eigenvalue weighted by Gasteiger charge is -2.28. The normalized spacial score (nSPS) is 19.7. The molecule has 0 unspecified atom stereocenters. The summed E-state index contributed by atoms with van der Waals surface area (Å²) in [5.74, 6) is -2.97. The number of nitrogens with zero attached hydrogens (tertiary/aromatic N) is 2. The van der Waals surface area contributed by atoms with Gasteiger partial charge in [0.25, 0.3) is 0 Å². The maximum atomic E-state index is 11.7. The number of carboxylic acid groups (broad SMARTS) is 2. The summed E-state index contributed by atoms with van der Waals surface area (Å²) in [4.78, 5) is 38.7. The van der Waals surface area contributed by atoms with Crippen LogP contribution in [0.4, 0.5) is 0 Å². The minimum Gasteiger partial charge on any atom is -0.480 e. The number of aliphatic imine (C=N–C) groups is 1.